The lowest BCUT2D eigenvalue weighted by Crippen LogP contribution is -2.28. The van der Waals surface area contributed by atoms with E-state index in [2.05, 4.69) is 13.2 Å². The van der Waals surface area contributed by atoms with Crippen molar-refractivity contribution in [3.63, 3.8) is 0 Å². The van der Waals surface area contributed by atoms with E-state index in [9.17, 15) is 9.59 Å². The number of nitrogens with two attached hydrogens (primary N) is 1. The first-order chi connectivity index (χ1) is 5.17. The third-order valence-electron chi connectivity index (χ3n) is 1.32. The third kappa shape index (κ3) is 2.47. The molecule has 0 aliphatic rings. The summed E-state index contributed by atoms with van der Waals surface area (Å²) in [5.41, 5.74) is 5.19. The first-order valence-corrected chi connectivity index (χ1v) is 3.20. The number of allylic oxidation sites excluding steroid dienone is 2. The number of carbonyl (C=O) groups is 2. The Morgan fingerprint density at radius 2 is 1.64 bits per heavy atom. The molecule has 0 heterocycles. The van der Waals surface area contributed by atoms with Crippen molar-refractivity contribution in [1.29, 1.82) is 0 Å². The normalized spacial score (nSPS) is 9.27. The lowest BCUT2D eigenvalue weighted by Gasteiger charge is -2.05. The number of hydrogen-bond acceptors (Lipinski definition) is 3. The maximum atomic E-state index is 10.9. The van der Waals surface area contributed by atoms with Gasteiger partial charge in [0.1, 0.15) is 0 Å². The highest BCUT2D eigenvalue weighted by molar-refractivity contribution is 6.11. The highest BCUT2D eigenvalue weighted by Crippen LogP contribution is 1.99. The van der Waals surface area contributed by atoms with Gasteiger partial charge in [-0.15, -0.1) is 0 Å². The van der Waals surface area contributed by atoms with Crippen molar-refractivity contribution in [2.45, 2.75) is 0 Å². The molecule has 0 rings (SSSR count). The first kappa shape index (κ1) is 9.78. The molecular weight excluding hydrogens is 142 g/mol. The Bertz CT molecular complexity index is 176. The van der Waals surface area contributed by atoms with Gasteiger partial charge in [0.05, 0.1) is 5.92 Å². The van der Waals surface area contributed by atoms with Gasteiger partial charge in [-0.1, -0.05) is 13.2 Å². The summed E-state index contributed by atoms with van der Waals surface area (Å²) in [6, 6.07) is 0. The van der Waals surface area contributed by atoms with Gasteiger partial charge in [-0.05, 0) is 12.2 Å². The van der Waals surface area contributed by atoms with Crippen LogP contribution in [0.4, 0.5) is 0 Å². The van der Waals surface area contributed by atoms with E-state index in [0.717, 1.165) is 12.2 Å². The molecule has 0 atom stereocenters. The van der Waals surface area contributed by atoms with Crippen LogP contribution < -0.4 is 5.73 Å². The first-order valence-electron chi connectivity index (χ1n) is 3.20. The molecule has 60 valence electrons. The lowest BCUT2D eigenvalue weighted by molar-refractivity contribution is -0.126. The molecule has 2 N–H and O–H groups in total. The van der Waals surface area contributed by atoms with Gasteiger partial charge >= 0.3 is 0 Å². The zero-order valence-electron chi connectivity index (χ0n) is 6.25. The molecule has 11 heavy (non-hydrogen) atoms. The van der Waals surface area contributed by atoms with Gasteiger partial charge in [-0.2, -0.15) is 0 Å². The van der Waals surface area contributed by atoms with E-state index in [-0.39, 0.29) is 18.1 Å². The molecule has 3 heteroatoms. The number of hydrogen-bond donors (Lipinski definition) is 1. The number of ketones is 2. The van der Waals surface area contributed by atoms with Gasteiger partial charge in [-0.25, -0.2) is 0 Å². The predicted molar refractivity (Wildman–Crippen MR) is 43.0 cm³/mol. The highest BCUT2D eigenvalue weighted by atomic mass is 16.1. The second kappa shape index (κ2) is 4.57. The maximum Gasteiger partial charge on any atom is 0.167 e. The van der Waals surface area contributed by atoms with E-state index in [1.54, 1.807) is 0 Å². The van der Waals surface area contributed by atoms with Crippen LogP contribution in [0.25, 0.3) is 0 Å². The van der Waals surface area contributed by atoms with Crippen LogP contribution >= 0.6 is 0 Å². The van der Waals surface area contributed by atoms with Gasteiger partial charge in [-0.3, -0.25) is 9.59 Å². The fraction of sp³-hybridized carbons (Fsp3) is 0.250. The summed E-state index contributed by atoms with van der Waals surface area (Å²) < 4.78 is 0. The topological polar surface area (TPSA) is 60.2 Å². The molecule has 0 aliphatic carbocycles. The molecule has 0 fully saturated rings. The Kier molecular flexibility index (Phi) is 4.07. The molecule has 0 aliphatic heterocycles. The predicted octanol–water partition coefficient (Wildman–Crippen LogP) is 0.0715. The number of rotatable bonds is 5. The summed E-state index contributed by atoms with van der Waals surface area (Å²) in [5, 5.41) is 0. The van der Waals surface area contributed by atoms with Crippen molar-refractivity contribution in [3.8, 4) is 0 Å². The fourth-order valence-corrected chi connectivity index (χ4v) is 0.657. The standard InChI is InChI=1S/C8H11NO2/c1-3-7(10)6(5-9)8(11)4-2/h3-4,6H,1-2,5,9H2. The van der Waals surface area contributed by atoms with Crippen LogP contribution in [-0.4, -0.2) is 18.1 Å². The molecule has 0 bridgehead atoms. The molecular formula is C8H11NO2. The van der Waals surface area contributed by atoms with Crippen LogP contribution in [0.3, 0.4) is 0 Å². The average Bonchev–Trinajstić information content (AvgIpc) is 2.05. The Morgan fingerprint density at radius 3 is 1.82 bits per heavy atom. The molecule has 0 saturated carbocycles. The average molecular weight is 153 g/mol. The molecule has 0 aromatic heterocycles. The minimum atomic E-state index is -0.787. The van der Waals surface area contributed by atoms with E-state index in [0.29, 0.717) is 0 Å². The molecule has 0 spiro atoms. The zero-order chi connectivity index (χ0) is 8.85. The second-order valence-electron chi connectivity index (χ2n) is 2.00. The molecule has 0 aromatic carbocycles. The number of carbonyl (C=O) groups excluding carboxylic acids is 2. The Balaban J connectivity index is 4.39. The Labute approximate surface area is 65.6 Å². The Hall–Kier alpha value is -1.22. The monoisotopic (exact) mass is 153 g/mol. The van der Waals surface area contributed by atoms with Gasteiger partial charge in [0.15, 0.2) is 11.6 Å². The largest absolute Gasteiger partial charge is 0.329 e. The second-order valence-corrected chi connectivity index (χ2v) is 2.00. The highest BCUT2D eigenvalue weighted by Gasteiger charge is 2.19. The molecule has 0 amide bonds. The smallest absolute Gasteiger partial charge is 0.167 e. The van der Waals surface area contributed by atoms with Crippen molar-refractivity contribution in [1.82, 2.24) is 0 Å². The van der Waals surface area contributed by atoms with E-state index >= 15 is 0 Å². The van der Waals surface area contributed by atoms with Gasteiger partial charge in [0.25, 0.3) is 0 Å². The van der Waals surface area contributed by atoms with Crippen molar-refractivity contribution in [2.24, 2.45) is 11.7 Å². The third-order valence-corrected chi connectivity index (χ3v) is 1.32. The van der Waals surface area contributed by atoms with E-state index < -0.39 is 5.92 Å². The maximum absolute atomic E-state index is 10.9. The van der Waals surface area contributed by atoms with Crippen molar-refractivity contribution in [2.75, 3.05) is 6.54 Å². The van der Waals surface area contributed by atoms with E-state index in [1.807, 2.05) is 0 Å². The summed E-state index contributed by atoms with van der Waals surface area (Å²) in [4.78, 5) is 21.8. The molecule has 3 nitrogen and oxygen atoms in total. The summed E-state index contributed by atoms with van der Waals surface area (Å²) >= 11 is 0. The van der Waals surface area contributed by atoms with Gasteiger partial charge < -0.3 is 5.73 Å². The summed E-state index contributed by atoms with van der Waals surface area (Å²) in [7, 11) is 0. The minimum absolute atomic E-state index is 0.00963. The fourth-order valence-electron chi connectivity index (χ4n) is 0.657. The zero-order valence-corrected chi connectivity index (χ0v) is 6.25. The summed E-state index contributed by atoms with van der Waals surface area (Å²) in [6.07, 6.45) is 2.19. The van der Waals surface area contributed by atoms with E-state index in [4.69, 9.17) is 5.73 Å². The lowest BCUT2D eigenvalue weighted by atomic mass is 9.99. The van der Waals surface area contributed by atoms with E-state index in [1.165, 1.54) is 0 Å². The van der Waals surface area contributed by atoms with Crippen molar-refractivity contribution < 1.29 is 9.59 Å². The van der Waals surface area contributed by atoms with Gasteiger partial charge in [0, 0.05) is 6.54 Å². The van der Waals surface area contributed by atoms with Crippen molar-refractivity contribution in [3.05, 3.63) is 25.3 Å². The van der Waals surface area contributed by atoms with Crippen LogP contribution in [0.15, 0.2) is 25.3 Å². The van der Waals surface area contributed by atoms with Crippen LogP contribution in [0, 0.1) is 5.92 Å². The van der Waals surface area contributed by atoms with Crippen LogP contribution in [0.1, 0.15) is 0 Å². The van der Waals surface area contributed by atoms with Crippen molar-refractivity contribution >= 4 is 11.6 Å². The molecule has 0 saturated heterocycles. The minimum Gasteiger partial charge on any atom is -0.329 e. The SMILES string of the molecule is C=CC(=O)C(CN)C(=O)C=C. The molecule has 0 radical (unpaired) electrons. The quantitative estimate of drug-likeness (QED) is 0.449. The molecule has 0 unspecified atom stereocenters. The Morgan fingerprint density at radius 1 is 1.27 bits per heavy atom. The summed E-state index contributed by atoms with van der Waals surface area (Å²) in [6.45, 7) is 6.52. The summed E-state index contributed by atoms with van der Waals surface area (Å²) in [5.74, 6) is -1.49. The van der Waals surface area contributed by atoms with Crippen LogP contribution in [0.2, 0.25) is 0 Å². The molecule has 0 aromatic rings. The van der Waals surface area contributed by atoms with Crippen LogP contribution in [-0.2, 0) is 9.59 Å². The van der Waals surface area contributed by atoms with Gasteiger partial charge in [0.2, 0.25) is 0 Å². The van der Waals surface area contributed by atoms with Crippen LogP contribution in [0.5, 0.6) is 0 Å².